The van der Waals surface area contributed by atoms with Gasteiger partial charge >= 0.3 is 0 Å². The maximum Gasteiger partial charge on any atom is 0.281 e. The van der Waals surface area contributed by atoms with E-state index in [9.17, 15) is 12.8 Å². The summed E-state index contributed by atoms with van der Waals surface area (Å²) < 4.78 is 42.0. The molecule has 0 unspecified atom stereocenters. The Morgan fingerprint density at radius 1 is 1.18 bits per heavy atom. The van der Waals surface area contributed by atoms with Crippen LogP contribution < -0.4 is 5.32 Å². The fraction of sp³-hybridized carbons (Fsp3) is 0.480. The largest absolute Gasteiger partial charge is 0.355 e. The van der Waals surface area contributed by atoms with Gasteiger partial charge in [0.15, 0.2) is 0 Å². The average molecular weight is 488 g/mol. The predicted octanol–water partition coefficient (Wildman–Crippen LogP) is 4.14. The molecule has 0 amide bonds. The Hall–Kier alpha value is -2.33. The molecule has 2 aliphatic rings. The number of halogens is 1. The van der Waals surface area contributed by atoms with Gasteiger partial charge < -0.3 is 10.7 Å². The first-order chi connectivity index (χ1) is 16.2. The molecule has 2 aromatic carbocycles. The SMILES string of the molecule is Cc1cc(Nc2ccc(F)cc2)c(C=N)cc1[C@H]1CN(S(=O)(=O)N(C)C)CCN1CC1CCC1. The third kappa shape index (κ3) is 5.17. The van der Waals surface area contributed by atoms with Crippen LogP contribution in [0.25, 0.3) is 0 Å². The Kier molecular flexibility index (Phi) is 7.37. The summed E-state index contributed by atoms with van der Waals surface area (Å²) in [6, 6.07) is 10.0. The van der Waals surface area contributed by atoms with Crippen LogP contribution in [0.5, 0.6) is 0 Å². The lowest BCUT2D eigenvalue weighted by atomic mass is 9.84. The van der Waals surface area contributed by atoms with Crippen LogP contribution in [0, 0.1) is 24.1 Å². The number of benzene rings is 2. The molecule has 2 N–H and O–H groups in total. The van der Waals surface area contributed by atoms with E-state index >= 15 is 0 Å². The van der Waals surface area contributed by atoms with Crippen LogP contribution in [-0.4, -0.2) is 68.4 Å². The van der Waals surface area contributed by atoms with Crippen molar-refractivity contribution in [2.45, 2.75) is 32.2 Å². The Bertz CT molecular complexity index is 1130. The topological polar surface area (TPSA) is 79.7 Å². The standard InChI is InChI=1S/C25H34FN5O2S/c1-18-13-24(28-22-9-7-21(26)8-10-22)20(15-27)14-23(18)25-17-31(34(32,33)29(2)3)12-11-30(25)16-19-5-4-6-19/h7-10,13-15,19,25,27-28H,4-6,11-12,16-17H2,1-3H3/t25-/m1/s1. The zero-order chi connectivity index (χ0) is 24.5. The molecule has 9 heteroatoms. The molecule has 0 bridgehead atoms. The van der Waals surface area contributed by atoms with Crippen LogP contribution in [-0.2, 0) is 10.2 Å². The van der Waals surface area contributed by atoms with E-state index in [1.165, 1.54) is 41.9 Å². The predicted molar refractivity (Wildman–Crippen MR) is 135 cm³/mol. The minimum absolute atomic E-state index is 0.0809. The smallest absolute Gasteiger partial charge is 0.281 e. The van der Waals surface area contributed by atoms with E-state index in [2.05, 4.69) is 10.2 Å². The van der Waals surface area contributed by atoms with Gasteiger partial charge in [-0.2, -0.15) is 17.0 Å². The minimum atomic E-state index is -3.51. The van der Waals surface area contributed by atoms with Gasteiger partial charge in [0, 0.05) is 69.5 Å². The Balaban J connectivity index is 1.67. The number of anilines is 2. The first-order valence-electron chi connectivity index (χ1n) is 11.8. The van der Waals surface area contributed by atoms with Gasteiger partial charge in [-0.25, -0.2) is 4.39 Å². The van der Waals surface area contributed by atoms with Crippen LogP contribution in [0.3, 0.4) is 0 Å². The lowest BCUT2D eigenvalue weighted by Gasteiger charge is -2.44. The number of nitrogens with one attached hydrogen (secondary N) is 2. The van der Waals surface area contributed by atoms with Gasteiger partial charge in [0.05, 0.1) is 0 Å². The van der Waals surface area contributed by atoms with Gasteiger partial charge in [-0.05, 0) is 73.2 Å². The van der Waals surface area contributed by atoms with Crippen molar-refractivity contribution in [2.24, 2.45) is 5.92 Å². The average Bonchev–Trinajstić information content (AvgIpc) is 2.78. The summed E-state index contributed by atoms with van der Waals surface area (Å²) in [4.78, 5) is 2.43. The van der Waals surface area contributed by atoms with Crippen molar-refractivity contribution in [3.05, 3.63) is 58.9 Å². The lowest BCUT2D eigenvalue weighted by Crippen LogP contribution is -2.54. The van der Waals surface area contributed by atoms with Crippen LogP contribution in [0.1, 0.15) is 42.0 Å². The van der Waals surface area contributed by atoms with E-state index in [4.69, 9.17) is 5.41 Å². The monoisotopic (exact) mass is 487 g/mol. The van der Waals surface area contributed by atoms with Gasteiger partial charge in [-0.1, -0.05) is 6.42 Å². The quantitative estimate of drug-likeness (QED) is 0.549. The second kappa shape index (κ2) is 10.1. The highest BCUT2D eigenvalue weighted by atomic mass is 32.2. The van der Waals surface area contributed by atoms with Gasteiger partial charge in [0.2, 0.25) is 0 Å². The summed E-state index contributed by atoms with van der Waals surface area (Å²) >= 11 is 0. The second-order valence-electron chi connectivity index (χ2n) is 9.53. The highest BCUT2D eigenvalue weighted by Crippen LogP contribution is 2.36. The van der Waals surface area contributed by atoms with E-state index < -0.39 is 10.2 Å². The molecule has 2 fully saturated rings. The second-order valence-corrected chi connectivity index (χ2v) is 11.7. The molecule has 4 rings (SSSR count). The molecule has 1 saturated heterocycles. The number of hydrogen-bond donors (Lipinski definition) is 2. The third-order valence-corrected chi connectivity index (χ3v) is 8.94. The van der Waals surface area contributed by atoms with Gasteiger partial charge in [0.1, 0.15) is 5.82 Å². The molecule has 0 aromatic heterocycles. The van der Waals surface area contributed by atoms with Gasteiger partial charge in [0.25, 0.3) is 10.2 Å². The highest BCUT2D eigenvalue weighted by Gasteiger charge is 2.37. The zero-order valence-corrected chi connectivity index (χ0v) is 20.9. The van der Waals surface area contributed by atoms with Crippen molar-refractivity contribution >= 4 is 27.8 Å². The summed E-state index contributed by atoms with van der Waals surface area (Å²) in [5.41, 5.74) is 4.29. The molecule has 1 aliphatic carbocycles. The molecule has 7 nitrogen and oxygen atoms in total. The van der Waals surface area contributed by atoms with Crippen molar-refractivity contribution < 1.29 is 12.8 Å². The number of nitrogens with zero attached hydrogens (tertiary/aromatic N) is 3. The summed E-state index contributed by atoms with van der Waals surface area (Å²) in [6.07, 6.45) is 5.04. The molecule has 1 saturated carbocycles. The van der Waals surface area contributed by atoms with Gasteiger partial charge in [-0.3, -0.25) is 4.90 Å². The van der Waals surface area contributed by atoms with Crippen molar-refractivity contribution in [1.82, 2.24) is 13.5 Å². The van der Waals surface area contributed by atoms with Crippen LogP contribution in [0.4, 0.5) is 15.8 Å². The first-order valence-corrected chi connectivity index (χ1v) is 13.2. The van der Waals surface area contributed by atoms with Crippen molar-refractivity contribution in [3.63, 3.8) is 0 Å². The Labute approximate surface area is 202 Å². The molecule has 2 aromatic rings. The molecular weight excluding hydrogens is 453 g/mol. The third-order valence-electron chi connectivity index (χ3n) is 7.04. The molecule has 1 heterocycles. The molecule has 1 aliphatic heterocycles. The van der Waals surface area contributed by atoms with E-state index in [0.29, 0.717) is 31.1 Å². The van der Waals surface area contributed by atoms with Gasteiger partial charge in [-0.15, -0.1) is 0 Å². The molecule has 184 valence electrons. The Morgan fingerprint density at radius 3 is 2.47 bits per heavy atom. The summed E-state index contributed by atoms with van der Waals surface area (Å²) in [7, 11) is -0.375. The fourth-order valence-corrected chi connectivity index (χ4v) is 5.88. The highest BCUT2D eigenvalue weighted by molar-refractivity contribution is 7.86. The summed E-state index contributed by atoms with van der Waals surface area (Å²) in [5, 5.41) is 11.3. The first kappa shape index (κ1) is 24.8. The molecule has 1 atom stereocenters. The molecule has 34 heavy (non-hydrogen) atoms. The van der Waals surface area contributed by atoms with E-state index in [1.807, 2.05) is 19.1 Å². The van der Waals surface area contributed by atoms with E-state index in [1.54, 1.807) is 30.5 Å². The number of aryl methyl sites for hydroxylation is 1. The molecule has 0 spiro atoms. The number of hydrogen-bond acceptors (Lipinski definition) is 5. The van der Waals surface area contributed by atoms with Crippen molar-refractivity contribution in [1.29, 1.82) is 5.41 Å². The molecule has 0 radical (unpaired) electrons. The van der Waals surface area contributed by atoms with E-state index in [0.717, 1.165) is 29.0 Å². The number of rotatable bonds is 8. The van der Waals surface area contributed by atoms with Crippen molar-refractivity contribution in [2.75, 3.05) is 45.6 Å². The number of piperazine rings is 1. The normalized spacial score (nSPS) is 20.3. The van der Waals surface area contributed by atoms with Crippen LogP contribution in [0.2, 0.25) is 0 Å². The maximum absolute atomic E-state index is 13.3. The fourth-order valence-electron chi connectivity index (χ4n) is 4.77. The minimum Gasteiger partial charge on any atom is -0.355 e. The maximum atomic E-state index is 13.3. The zero-order valence-electron chi connectivity index (χ0n) is 20.1. The van der Waals surface area contributed by atoms with E-state index in [-0.39, 0.29) is 11.9 Å². The van der Waals surface area contributed by atoms with Crippen LogP contribution >= 0.6 is 0 Å². The van der Waals surface area contributed by atoms with Crippen molar-refractivity contribution in [3.8, 4) is 0 Å². The molecular formula is C25H34FN5O2S. The van der Waals surface area contributed by atoms with Crippen LogP contribution in [0.15, 0.2) is 36.4 Å². The summed E-state index contributed by atoms with van der Waals surface area (Å²) in [6.45, 7) is 4.54. The summed E-state index contributed by atoms with van der Waals surface area (Å²) in [5.74, 6) is 0.367. The Morgan fingerprint density at radius 2 is 1.88 bits per heavy atom. The lowest BCUT2D eigenvalue weighted by molar-refractivity contribution is 0.0789.